The molecule has 1 saturated heterocycles. The fourth-order valence-electron chi connectivity index (χ4n) is 4.92. The Bertz CT molecular complexity index is 1190. The van der Waals surface area contributed by atoms with E-state index in [2.05, 4.69) is 40.2 Å². The highest BCUT2D eigenvalue weighted by molar-refractivity contribution is 5.62. The molecule has 5 rings (SSSR count). The highest BCUT2D eigenvalue weighted by Gasteiger charge is 2.23. The van der Waals surface area contributed by atoms with Crippen molar-refractivity contribution in [3.63, 3.8) is 0 Å². The van der Waals surface area contributed by atoms with Crippen LogP contribution in [0.3, 0.4) is 0 Å². The summed E-state index contributed by atoms with van der Waals surface area (Å²) in [5.41, 5.74) is 3.79. The molecule has 1 atom stereocenters. The summed E-state index contributed by atoms with van der Waals surface area (Å²) in [6.45, 7) is 3.39. The highest BCUT2D eigenvalue weighted by Crippen LogP contribution is 2.32. The lowest BCUT2D eigenvalue weighted by molar-refractivity contribution is 0.218. The third-order valence-corrected chi connectivity index (χ3v) is 6.92. The average Bonchev–Trinajstić information content (AvgIpc) is 3.31. The minimum atomic E-state index is -0.267. The van der Waals surface area contributed by atoms with Crippen molar-refractivity contribution in [3.8, 4) is 22.8 Å². The molecule has 0 bridgehead atoms. The van der Waals surface area contributed by atoms with Gasteiger partial charge in [0.2, 0.25) is 5.89 Å². The van der Waals surface area contributed by atoms with E-state index in [9.17, 15) is 4.39 Å². The topological polar surface area (TPSA) is 42.2 Å². The Morgan fingerprint density at radius 3 is 2.51 bits per heavy atom. The molecule has 35 heavy (non-hydrogen) atoms. The maximum atomic E-state index is 13.5. The second-order valence-corrected chi connectivity index (χ2v) is 9.44. The van der Waals surface area contributed by atoms with Crippen LogP contribution in [-0.4, -0.2) is 34.5 Å². The lowest BCUT2D eigenvalue weighted by Crippen LogP contribution is -2.31. The van der Waals surface area contributed by atoms with Crippen LogP contribution in [0.15, 0.2) is 83.4 Å². The normalized spacial score (nSPS) is 17.1. The van der Waals surface area contributed by atoms with E-state index in [-0.39, 0.29) is 5.82 Å². The summed E-state index contributed by atoms with van der Waals surface area (Å²) in [6, 6.07) is 22.9. The number of aromatic nitrogens is 2. The van der Waals surface area contributed by atoms with Gasteiger partial charge < -0.3 is 9.32 Å². The van der Waals surface area contributed by atoms with Gasteiger partial charge in [-0.3, -0.25) is 4.98 Å². The Morgan fingerprint density at radius 1 is 0.886 bits per heavy atom. The molecule has 1 aliphatic heterocycles. The number of hydrogen-bond acceptors (Lipinski definition) is 4. The van der Waals surface area contributed by atoms with Crippen LogP contribution in [0.1, 0.15) is 37.0 Å². The molecule has 4 aromatic rings. The van der Waals surface area contributed by atoms with Crippen molar-refractivity contribution in [1.82, 2.24) is 14.9 Å². The molecule has 1 unspecified atom stereocenters. The van der Waals surface area contributed by atoms with E-state index < -0.39 is 0 Å². The van der Waals surface area contributed by atoms with Gasteiger partial charge in [-0.1, -0.05) is 42.8 Å². The molecule has 3 heterocycles. The van der Waals surface area contributed by atoms with E-state index in [1.54, 1.807) is 18.3 Å². The van der Waals surface area contributed by atoms with Crippen LogP contribution >= 0.6 is 0 Å². The predicted octanol–water partition coefficient (Wildman–Crippen LogP) is 6.82. The summed E-state index contributed by atoms with van der Waals surface area (Å²) in [5.74, 6) is 1.67. The van der Waals surface area contributed by atoms with Gasteiger partial charge in [0.05, 0.1) is 5.69 Å². The van der Waals surface area contributed by atoms with Gasteiger partial charge in [-0.05, 0) is 86.7 Å². The third kappa shape index (κ3) is 6.23. The maximum Gasteiger partial charge on any atom is 0.226 e. The first-order valence-electron chi connectivity index (χ1n) is 12.7. The zero-order valence-corrected chi connectivity index (χ0v) is 20.1. The lowest BCUT2D eigenvalue weighted by Gasteiger charge is -2.28. The first kappa shape index (κ1) is 23.4. The van der Waals surface area contributed by atoms with Crippen LogP contribution in [0.25, 0.3) is 22.8 Å². The molecule has 0 aliphatic carbocycles. The lowest BCUT2D eigenvalue weighted by atomic mass is 9.91. The predicted molar refractivity (Wildman–Crippen MR) is 137 cm³/mol. The van der Waals surface area contributed by atoms with E-state index in [1.807, 2.05) is 18.2 Å². The Balaban J connectivity index is 1.31. The maximum absolute atomic E-state index is 13.5. The number of benzene rings is 2. The van der Waals surface area contributed by atoms with Crippen molar-refractivity contribution in [1.29, 1.82) is 0 Å². The second kappa shape index (κ2) is 11.4. The zero-order valence-electron chi connectivity index (χ0n) is 20.1. The molecule has 2 aromatic heterocycles. The Morgan fingerprint density at radius 2 is 1.71 bits per heavy atom. The van der Waals surface area contributed by atoms with Crippen LogP contribution in [0.5, 0.6) is 0 Å². The molecule has 4 nitrogen and oxygen atoms in total. The monoisotopic (exact) mass is 469 g/mol. The number of oxazole rings is 1. The van der Waals surface area contributed by atoms with Gasteiger partial charge in [0.25, 0.3) is 0 Å². The third-order valence-electron chi connectivity index (χ3n) is 6.92. The van der Waals surface area contributed by atoms with E-state index in [0.29, 0.717) is 11.8 Å². The van der Waals surface area contributed by atoms with Crippen LogP contribution in [0.4, 0.5) is 4.39 Å². The number of halogens is 1. The van der Waals surface area contributed by atoms with Crippen LogP contribution in [0.2, 0.25) is 0 Å². The van der Waals surface area contributed by atoms with Gasteiger partial charge in [0.1, 0.15) is 17.3 Å². The number of pyridine rings is 1. The molecular weight excluding hydrogens is 437 g/mol. The van der Waals surface area contributed by atoms with Crippen molar-refractivity contribution in [3.05, 3.63) is 96.1 Å². The summed E-state index contributed by atoms with van der Waals surface area (Å²) in [5, 5.41) is 0. The standard InChI is InChI=1S/C30H32FN3O/c31-26-14-12-25(13-15-26)30-33-29(27-11-4-6-18-32-27)28(35-30)22-24-10-5-7-19-34(21-17-24)20-16-23-8-2-1-3-9-23/h1-4,6,8-9,11-15,18,24H,5,7,10,16-17,19-22H2. The summed E-state index contributed by atoms with van der Waals surface area (Å²) >= 11 is 0. The minimum Gasteiger partial charge on any atom is -0.440 e. The minimum absolute atomic E-state index is 0.267. The van der Waals surface area contributed by atoms with Gasteiger partial charge >= 0.3 is 0 Å². The number of likely N-dealkylation sites (tertiary alicyclic amines) is 1. The fourth-order valence-corrected chi connectivity index (χ4v) is 4.92. The Hall–Kier alpha value is -3.31. The number of hydrogen-bond donors (Lipinski definition) is 0. The Kier molecular flexibility index (Phi) is 7.64. The molecule has 1 fully saturated rings. The Labute approximate surface area is 206 Å². The molecule has 0 saturated carbocycles. The van der Waals surface area contributed by atoms with Crippen molar-refractivity contribution < 1.29 is 8.81 Å². The summed E-state index contributed by atoms with van der Waals surface area (Å²) in [4.78, 5) is 11.9. The van der Waals surface area contributed by atoms with E-state index in [1.165, 1.54) is 43.5 Å². The van der Waals surface area contributed by atoms with Crippen molar-refractivity contribution in [2.45, 2.75) is 38.5 Å². The molecule has 0 amide bonds. The molecule has 0 radical (unpaired) electrons. The van der Waals surface area contributed by atoms with Crippen molar-refractivity contribution in [2.24, 2.45) is 5.92 Å². The van der Waals surface area contributed by atoms with E-state index in [0.717, 1.165) is 55.1 Å². The van der Waals surface area contributed by atoms with Crippen LogP contribution in [0, 0.1) is 11.7 Å². The van der Waals surface area contributed by atoms with E-state index >= 15 is 0 Å². The number of rotatable bonds is 7. The molecular formula is C30H32FN3O. The quantitative estimate of drug-likeness (QED) is 0.298. The summed E-state index contributed by atoms with van der Waals surface area (Å²) in [6.07, 6.45) is 8.51. The molecule has 180 valence electrons. The van der Waals surface area contributed by atoms with Crippen LogP contribution < -0.4 is 0 Å². The van der Waals surface area contributed by atoms with Gasteiger partial charge in [0, 0.05) is 24.7 Å². The fraction of sp³-hybridized carbons (Fsp3) is 0.333. The second-order valence-electron chi connectivity index (χ2n) is 9.44. The highest BCUT2D eigenvalue weighted by atomic mass is 19.1. The van der Waals surface area contributed by atoms with Gasteiger partial charge in [0.15, 0.2) is 0 Å². The molecule has 5 heteroatoms. The van der Waals surface area contributed by atoms with Crippen molar-refractivity contribution in [2.75, 3.05) is 19.6 Å². The van der Waals surface area contributed by atoms with Gasteiger partial charge in [-0.25, -0.2) is 9.37 Å². The molecule has 0 N–H and O–H groups in total. The van der Waals surface area contributed by atoms with E-state index in [4.69, 9.17) is 9.40 Å². The number of nitrogens with zero attached hydrogens (tertiary/aromatic N) is 3. The molecule has 2 aromatic carbocycles. The molecule has 1 aliphatic rings. The first-order chi connectivity index (χ1) is 17.2. The summed E-state index contributed by atoms with van der Waals surface area (Å²) < 4.78 is 19.8. The smallest absolute Gasteiger partial charge is 0.226 e. The van der Waals surface area contributed by atoms with Crippen molar-refractivity contribution >= 4 is 0 Å². The van der Waals surface area contributed by atoms with Gasteiger partial charge in [-0.15, -0.1) is 0 Å². The zero-order chi connectivity index (χ0) is 23.9. The summed E-state index contributed by atoms with van der Waals surface area (Å²) in [7, 11) is 0. The average molecular weight is 470 g/mol. The SMILES string of the molecule is Fc1ccc(-c2nc(-c3ccccn3)c(CC3CCCCN(CCc4ccccc4)CC3)o2)cc1. The van der Waals surface area contributed by atoms with Gasteiger partial charge in [-0.2, -0.15) is 0 Å². The van der Waals surface area contributed by atoms with Crippen LogP contribution in [-0.2, 0) is 12.8 Å². The molecule has 0 spiro atoms. The largest absolute Gasteiger partial charge is 0.440 e. The first-order valence-corrected chi connectivity index (χ1v) is 12.7.